The number of phenolic OH excluding ortho intramolecular Hbond substituents is 1. The van der Waals surface area contributed by atoms with E-state index in [1.54, 1.807) is 0 Å². The number of phenols is 1. The van der Waals surface area contributed by atoms with E-state index in [0.29, 0.717) is 0 Å². The molecule has 76 valence electrons. The molecule has 0 bridgehead atoms. The Morgan fingerprint density at radius 1 is 1.57 bits per heavy atom. The number of hydrogen-bond donors (Lipinski definition) is 2. The van der Waals surface area contributed by atoms with Crippen molar-refractivity contribution < 1.29 is 19.4 Å². The van der Waals surface area contributed by atoms with Crippen LogP contribution < -0.4 is 0 Å². The first kappa shape index (κ1) is 10.5. The molecule has 0 radical (unpaired) electrons. The van der Waals surface area contributed by atoms with E-state index in [9.17, 15) is 9.18 Å². The van der Waals surface area contributed by atoms with Crippen LogP contribution in [0.4, 0.5) is 4.39 Å². The van der Waals surface area contributed by atoms with Crippen LogP contribution >= 0.6 is 0 Å². The molecule has 3 nitrogen and oxygen atoms in total. The van der Waals surface area contributed by atoms with Gasteiger partial charge in [0.1, 0.15) is 11.4 Å². The van der Waals surface area contributed by atoms with Crippen molar-refractivity contribution in [3.8, 4) is 5.75 Å². The molecule has 0 heterocycles. The Labute approximate surface area is 80.8 Å². The fourth-order valence-electron chi connectivity index (χ4n) is 1.22. The molecule has 0 aliphatic rings. The number of aliphatic carboxylic acids is 1. The van der Waals surface area contributed by atoms with E-state index >= 15 is 0 Å². The lowest BCUT2D eigenvalue weighted by atomic mass is 9.94. The van der Waals surface area contributed by atoms with Crippen LogP contribution in [0.5, 0.6) is 5.75 Å². The number of rotatable bonds is 3. The first-order valence-corrected chi connectivity index (χ1v) is 4.12. The summed E-state index contributed by atoms with van der Waals surface area (Å²) in [6, 6.07) is 5.55. The number of halogens is 1. The molecule has 0 aliphatic heterocycles. The lowest BCUT2D eigenvalue weighted by Crippen LogP contribution is -2.19. The zero-order valence-electron chi connectivity index (χ0n) is 7.70. The average Bonchev–Trinajstić information content (AvgIpc) is 2.01. The number of aromatic hydroxyl groups is 1. The van der Waals surface area contributed by atoms with Gasteiger partial charge in [-0.1, -0.05) is 12.1 Å². The first-order chi connectivity index (χ1) is 6.42. The van der Waals surface area contributed by atoms with Gasteiger partial charge in [-0.05, 0) is 24.6 Å². The van der Waals surface area contributed by atoms with Gasteiger partial charge in [-0.3, -0.25) is 4.79 Å². The summed E-state index contributed by atoms with van der Waals surface area (Å²) >= 11 is 0. The minimum absolute atomic E-state index is 0.0724. The van der Waals surface area contributed by atoms with Crippen LogP contribution in [-0.2, 0) is 10.5 Å². The average molecular weight is 198 g/mol. The molecular formula is C10H11FO3. The number of hydrogen-bond acceptors (Lipinski definition) is 2. The van der Waals surface area contributed by atoms with Gasteiger partial charge in [-0.25, -0.2) is 4.39 Å². The van der Waals surface area contributed by atoms with Gasteiger partial charge in [0.15, 0.2) is 0 Å². The Bertz CT molecular complexity index is 347. The van der Waals surface area contributed by atoms with Gasteiger partial charge in [-0.2, -0.15) is 0 Å². The van der Waals surface area contributed by atoms with Crippen LogP contribution in [0.2, 0.25) is 0 Å². The standard InChI is InChI=1S/C10H11FO3/c1-10(11,6-9(13)14)7-3-2-4-8(12)5-7/h2-5,12H,6H2,1H3,(H,13,14). The van der Waals surface area contributed by atoms with Crippen LogP contribution in [-0.4, -0.2) is 16.2 Å². The van der Waals surface area contributed by atoms with Gasteiger partial charge in [0.25, 0.3) is 0 Å². The van der Waals surface area contributed by atoms with Crippen molar-refractivity contribution in [2.75, 3.05) is 0 Å². The Balaban J connectivity index is 2.97. The van der Waals surface area contributed by atoms with Crippen molar-refractivity contribution in [3.05, 3.63) is 29.8 Å². The monoisotopic (exact) mass is 198 g/mol. The Hall–Kier alpha value is -1.58. The molecule has 0 saturated heterocycles. The van der Waals surface area contributed by atoms with Crippen molar-refractivity contribution in [2.24, 2.45) is 0 Å². The number of carboxylic acids is 1. The summed E-state index contributed by atoms with van der Waals surface area (Å²) in [6.45, 7) is 1.18. The molecule has 0 amide bonds. The summed E-state index contributed by atoms with van der Waals surface area (Å²) in [7, 11) is 0. The molecule has 0 spiro atoms. The third-order valence-corrected chi connectivity index (χ3v) is 1.93. The van der Waals surface area contributed by atoms with Crippen LogP contribution in [0.3, 0.4) is 0 Å². The second kappa shape index (κ2) is 3.65. The van der Waals surface area contributed by atoms with E-state index in [-0.39, 0.29) is 11.3 Å². The zero-order valence-corrected chi connectivity index (χ0v) is 7.70. The second-order valence-corrected chi connectivity index (χ2v) is 3.32. The summed E-state index contributed by atoms with van der Waals surface area (Å²) in [6.07, 6.45) is -0.615. The molecular weight excluding hydrogens is 187 g/mol. The van der Waals surface area contributed by atoms with Gasteiger partial charge >= 0.3 is 5.97 Å². The van der Waals surface area contributed by atoms with E-state index in [1.807, 2.05) is 0 Å². The highest BCUT2D eigenvalue weighted by Gasteiger charge is 2.29. The molecule has 1 rings (SSSR count). The lowest BCUT2D eigenvalue weighted by Gasteiger charge is -2.18. The predicted molar refractivity (Wildman–Crippen MR) is 48.8 cm³/mol. The molecule has 0 fully saturated rings. The molecule has 1 unspecified atom stereocenters. The third kappa shape index (κ3) is 2.45. The van der Waals surface area contributed by atoms with E-state index in [4.69, 9.17) is 10.2 Å². The maximum absolute atomic E-state index is 13.8. The number of alkyl halides is 1. The summed E-state index contributed by atoms with van der Waals surface area (Å²) in [5.41, 5.74) is -1.79. The number of benzene rings is 1. The van der Waals surface area contributed by atoms with Crippen LogP contribution in [0.1, 0.15) is 18.9 Å². The molecule has 1 aromatic rings. The molecule has 2 N–H and O–H groups in total. The van der Waals surface area contributed by atoms with E-state index in [0.717, 1.165) is 0 Å². The maximum atomic E-state index is 13.8. The van der Waals surface area contributed by atoms with Crippen molar-refractivity contribution in [2.45, 2.75) is 19.0 Å². The predicted octanol–water partition coefficient (Wildman–Crippen LogP) is 2.05. The summed E-state index contributed by atoms with van der Waals surface area (Å²) in [5, 5.41) is 17.6. The SMILES string of the molecule is CC(F)(CC(=O)O)c1cccc(O)c1. The van der Waals surface area contributed by atoms with E-state index in [1.165, 1.54) is 31.2 Å². The van der Waals surface area contributed by atoms with Crippen LogP contribution in [0.25, 0.3) is 0 Å². The van der Waals surface area contributed by atoms with Gasteiger partial charge in [0.05, 0.1) is 6.42 Å². The van der Waals surface area contributed by atoms with Gasteiger partial charge < -0.3 is 10.2 Å². The van der Waals surface area contributed by atoms with E-state index < -0.39 is 18.1 Å². The minimum atomic E-state index is -1.95. The quantitative estimate of drug-likeness (QED) is 0.781. The fraction of sp³-hybridized carbons (Fsp3) is 0.300. The molecule has 1 aromatic carbocycles. The topological polar surface area (TPSA) is 57.5 Å². The number of carbonyl (C=O) groups is 1. The van der Waals surface area contributed by atoms with Crippen molar-refractivity contribution in [3.63, 3.8) is 0 Å². The fourth-order valence-corrected chi connectivity index (χ4v) is 1.22. The summed E-state index contributed by atoms with van der Waals surface area (Å²) in [4.78, 5) is 10.4. The lowest BCUT2D eigenvalue weighted by molar-refractivity contribution is -0.140. The summed E-state index contributed by atoms with van der Waals surface area (Å²) in [5.74, 6) is -1.28. The number of carboxylic acid groups (broad SMARTS) is 1. The Morgan fingerprint density at radius 3 is 2.71 bits per heavy atom. The zero-order chi connectivity index (χ0) is 10.8. The largest absolute Gasteiger partial charge is 0.508 e. The van der Waals surface area contributed by atoms with Crippen molar-refractivity contribution in [1.29, 1.82) is 0 Å². The van der Waals surface area contributed by atoms with Crippen molar-refractivity contribution in [1.82, 2.24) is 0 Å². The molecule has 4 heteroatoms. The molecule has 0 aromatic heterocycles. The maximum Gasteiger partial charge on any atom is 0.306 e. The Kier molecular flexibility index (Phi) is 2.74. The van der Waals surface area contributed by atoms with Crippen LogP contribution in [0.15, 0.2) is 24.3 Å². The van der Waals surface area contributed by atoms with Crippen molar-refractivity contribution >= 4 is 5.97 Å². The smallest absolute Gasteiger partial charge is 0.306 e. The normalized spacial score (nSPS) is 14.7. The first-order valence-electron chi connectivity index (χ1n) is 4.12. The molecule has 0 saturated carbocycles. The van der Waals surface area contributed by atoms with Gasteiger partial charge in [-0.15, -0.1) is 0 Å². The Morgan fingerprint density at radius 2 is 2.21 bits per heavy atom. The highest BCUT2D eigenvalue weighted by Crippen LogP contribution is 2.30. The second-order valence-electron chi connectivity index (χ2n) is 3.32. The molecule has 0 aliphatic carbocycles. The minimum Gasteiger partial charge on any atom is -0.508 e. The summed E-state index contributed by atoms with van der Waals surface area (Å²) < 4.78 is 13.8. The highest BCUT2D eigenvalue weighted by atomic mass is 19.1. The molecule has 14 heavy (non-hydrogen) atoms. The third-order valence-electron chi connectivity index (χ3n) is 1.93. The highest BCUT2D eigenvalue weighted by molar-refractivity contribution is 5.68. The van der Waals surface area contributed by atoms with E-state index in [2.05, 4.69) is 0 Å². The van der Waals surface area contributed by atoms with Gasteiger partial charge in [0, 0.05) is 0 Å². The van der Waals surface area contributed by atoms with Gasteiger partial charge in [0.2, 0.25) is 0 Å². The molecule has 1 atom stereocenters. The van der Waals surface area contributed by atoms with Crippen LogP contribution in [0, 0.1) is 0 Å².